The van der Waals surface area contributed by atoms with Crippen LogP contribution in [0.2, 0.25) is 25.7 Å². The Morgan fingerprint density at radius 1 is 1.07 bits per heavy atom. The summed E-state index contributed by atoms with van der Waals surface area (Å²) in [6, 6.07) is 4.47. The molecule has 7 nitrogen and oxygen atoms in total. The van der Waals surface area contributed by atoms with E-state index in [0.29, 0.717) is 50.9 Å². The van der Waals surface area contributed by atoms with Crippen LogP contribution in [0.25, 0.3) is 11.0 Å². The minimum absolute atomic E-state index is 0.0110. The average Bonchev–Trinajstić information content (AvgIpc) is 3.25. The maximum absolute atomic E-state index is 15.4. The van der Waals surface area contributed by atoms with E-state index in [-0.39, 0.29) is 53.8 Å². The fraction of sp³-hybridized carbons (Fsp3) is 0.548. The number of halogens is 5. The molecular formula is C31H36F5N3O4Si. The third-order valence-corrected chi connectivity index (χ3v) is 10.5. The Balaban J connectivity index is 1.31. The summed E-state index contributed by atoms with van der Waals surface area (Å²) >= 11 is 0. The van der Waals surface area contributed by atoms with Crippen molar-refractivity contribution in [3.05, 3.63) is 53.4 Å². The van der Waals surface area contributed by atoms with Gasteiger partial charge in [-0.1, -0.05) is 26.1 Å². The highest BCUT2D eigenvalue weighted by atomic mass is 28.3. The predicted molar refractivity (Wildman–Crippen MR) is 157 cm³/mol. The molecule has 2 aromatic heterocycles. The first kappa shape index (κ1) is 31.0. The number of hydrogen-bond donors (Lipinski definition) is 0. The zero-order valence-corrected chi connectivity index (χ0v) is 26.0. The van der Waals surface area contributed by atoms with E-state index in [1.807, 2.05) is 0 Å². The van der Waals surface area contributed by atoms with Gasteiger partial charge in [-0.15, -0.1) is 0 Å². The molecule has 3 aromatic rings. The van der Waals surface area contributed by atoms with E-state index in [9.17, 15) is 13.2 Å². The number of benzene rings is 1. The molecule has 1 aromatic carbocycles. The van der Waals surface area contributed by atoms with Crippen LogP contribution in [-0.4, -0.2) is 62.7 Å². The molecule has 0 amide bonds. The maximum Gasteiger partial charge on any atom is 0.398 e. The molecule has 3 aliphatic rings. The van der Waals surface area contributed by atoms with Crippen molar-refractivity contribution in [1.82, 2.24) is 9.55 Å². The van der Waals surface area contributed by atoms with Gasteiger partial charge in [0, 0.05) is 33.5 Å². The molecule has 4 heterocycles. The third kappa shape index (κ3) is 5.85. The Morgan fingerprint density at radius 2 is 1.80 bits per heavy atom. The lowest BCUT2D eigenvalue weighted by Gasteiger charge is -2.43. The Kier molecular flexibility index (Phi) is 8.02. The van der Waals surface area contributed by atoms with Crippen LogP contribution in [0.5, 0.6) is 11.5 Å². The second kappa shape index (κ2) is 11.4. The average molecular weight is 638 g/mol. The fourth-order valence-electron chi connectivity index (χ4n) is 5.86. The molecule has 1 saturated carbocycles. The van der Waals surface area contributed by atoms with E-state index < -0.39 is 37.0 Å². The van der Waals surface area contributed by atoms with Gasteiger partial charge in [0.2, 0.25) is 0 Å². The van der Waals surface area contributed by atoms with Gasteiger partial charge in [-0.2, -0.15) is 13.2 Å². The van der Waals surface area contributed by atoms with Crippen LogP contribution >= 0.6 is 0 Å². The van der Waals surface area contributed by atoms with E-state index in [2.05, 4.69) is 29.6 Å². The van der Waals surface area contributed by atoms with Crippen LogP contribution in [0.1, 0.15) is 30.4 Å². The van der Waals surface area contributed by atoms with Gasteiger partial charge in [-0.05, 0) is 48.2 Å². The largest absolute Gasteiger partial charge is 0.480 e. The van der Waals surface area contributed by atoms with Gasteiger partial charge in [0.15, 0.2) is 23.3 Å². The first-order valence-electron chi connectivity index (χ1n) is 14.8. The molecule has 0 unspecified atom stereocenters. The first-order valence-corrected chi connectivity index (χ1v) is 18.5. The van der Waals surface area contributed by atoms with Crippen LogP contribution < -0.4 is 4.74 Å². The van der Waals surface area contributed by atoms with E-state index in [4.69, 9.17) is 18.9 Å². The fourth-order valence-corrected chi connectivity index (χ4v) is 6.62. The lowest BCUT2D eigenvalue weighted by molar-refractivity contribution is -0.212. The third-order valence-electron chi connectivity index (χ3n) is 8.79. The minimum Gasteiger partial charge on any atom is -0.480 e. The van der Waals surface area contributed by atoms with Crippen molar-refractivity contribution in [2.45, 2.75) is 69.7 Å². The molecule has 13 heteroatoms. The van der Waals surface area contributed by atoms with Crippen molar-refractivity contribution in [1.29, 1.82) is 0 Å². The number of pyridine rings is 1. The van der Waals surface area contributed by atoms with Crippen LogP contribution in [0, 0.1) is 17.0 Å². The Morgan fingerprint density at radius 3 is 2.34 bits per heavy atom. The van der Waals surface area contributed by atoms with Gasteiger partial charge in [-0.3, -0.25) is 4.99 Å². The molecule has 2 aliphatic heterocycles. The van der Waals surface area contributed by atoms with Crippen LogP contribution in [0.4, 0.5) is 22.0 Å². The highest BCUT2D eigenvalue weighted by Gasteiger charge is 2.60. The van der Waals surface area contributed by atoms with Crippen molar-refractivity contribution in [2.24, 2.45) is 10.4 Å². The number of rotatable bonds is 10. The lowest BCUT2D eigenvalue weighted by atomic mass is 9.64. The van der Waals surface area contributed by atoms with Gasteiger partial charge < -0.3 is 23.5 Å². The van der Waals surface area contributed by atoms with Crippen molar-refractivity contribution < 1.29 is 40.9 Å². The Labute approximate surface area is 253 Å². The zero-order chi connectivity index (χ0) is 31.3. The van der Waals surface area contributed by atoms with E-state index >= 15 is 8.78 Å². The molecule has 1 aliphatic carbocycles. The van der Waals surface area contributed by atoms with Crippen molar-refractivity contribution in [2.75, 3.05) is 33.0 Å². The Hall–Kier alpha value is -3.03. The molecule has 1 spiro atoms. The molecule has 1 saturated heterocycles. The standard InChI is InChI=1S/C31H36F5N3O4Si/c1-44(2,3)10-9-40-19-39-14-21(30(6-4-7-30)31(34,35)36)26-24(5-8-37-28(26)39)43-27-22(32)11-20(12-23(27)33)13-25-38-15-29(18-42-25)16-41-17-29/h5,8,11-12,14H,4,6-7,9-10,13,15-19H2,1-3H3. The maximum atomic E-state index is 15.4. The molecule has 6 rings (SSSR count). The smallest absolute Gasteiger partial charge is 0.398 e. The number of hydrogen-bond acceptors (Lipinski definition) is 6. The lowest BCUT2D eigenvalue weighted by Crippen LogP contribution is -2.51. The molecule has 0 atom stereocenters. The molecule has 44 heavy (non-hydrogen) atoms. The summed E-state index contributed by atoms with van der Waals surface area (Å²) in [4.78, 5) is 8.77. The summed E-state index contributed by atoms with van der Waals surface area (Å²) in [5.41, 5.74) is -1.76. The van der Waals surface area contributed by atoms with Gasteiger partial charge in [0.05, 0.1) is 36.0 Å². The van der Waals surface area contributed by atoms with Gasteiger partial charge in [0.1, 0.15) is 24.7 Å². The number of ether oxygens (including phenoxy) is 4. The van der Waals surface area contributed by atoms with Crippen molar-refractivity contribution in [3.63, 3.8) is 0 Å². The summed E-state index contributed by atoms with van der Waals surface area (Å²) in [5.74, 6) is -2.43. The predicted octanol–water partition coefficient (Wildman–Crippen LogP) is 7.39. The second-order valence-electron chi connectivity index (χ2n) is 13.5. The minimum atomic E-state index is -4.54. The van der Waals surface area contributed by atoms with E-state index in [1.54, 1.807) is 0 Å². The topological polar surface area (TPSA) is 67.1 Å². The molecule has 0 N–H and O–H groups in total. The summed E-state index contributed by atoms with van der Waals surface area (Å²) in [7, 11) is -1.39. The molecule has 238 valence electrons. The molecule has 0 radical (unpaired) electrons. The second-order valence-corrected chi connectivity index (χ2v) is 19.1. The summed E-state index contributed by atoms with van der Waals surface area (Å²) in [6.45, 7) is 9.16. The van der Waals surface area contributed by atoms with Crippen LogP contribution in [-0.2, 0) is 32.8 Å². The Bertz CT molecular complexity index is 1550. The number of alkyl halides is 3. The van der Waals surface area contributed by atoms with Crippen LogP contribution in [0.3, 0.4) is 0 Å². The van der Waals surface area contributed by atoms with Crippen molar-refractivity contribution >= 4 is 25.0 Å². The SMILES string of the molecule is C[Si](C)(C)CCOCn1cc(C2(C(F)(F)F)CCC2)c2c(Oc3c(F)cc(CC4=NCC5(COC5)CO4)cc3F)ccnc21. The van der Waals surface area contributed by atoms with E-state index in [0.717, 1.165) is 18.2 Å². The van der Waals surface area contributed by atoms with Gasteiger partial charge in [0.25, 0.3) is 0 Å². The van der Waals surface area contributed by atoms with Gasteiger partial charge >= 0.3 is 6.18 Å². The first-order chi connectivity index (χ1) is 20.8. The highest BCUT2D eigenvalue weighted by molar-refractivity contribution is 6.76. The number of aliphatic imine (C=N–C) groups is 1. The molecule has 2 fully saturated rings. The van der Waals surface area contributed by atoms with Crippen molar-refractivity contribution in [3.8, 4) is 11.5 Å². The summed E-state index contributed by atoms with van der Waals surface area (Å²) in [5, 5.41) is 0.0695. The zero-order valence-electron chi connectivity index (χ0n) is 25.0. The highest BCUT2D eigenvalue weighted by Crippen LogP contribution is 2.57. The van der Waals surface area contributed by atoms with E-state index in [1.165, 1.54) is 23.0 Å². The monoisotopic (exact) mass is 637 g/mol. The number of fused-ring (bicyclic) bond motifs is 1. The van der Waals surface area contributed by atoms with Gasteiger partial charge in [-0.25, -0.2) is 13.8 Å². The summed E-state index contributed by atoms with van der Waals surface area (Å²) in [6.07, 6.45) is -1.48. The number of aromatic nitrogens is 2. The normalized spacial score (nSPS) is 19.3. The quantitative estimate of drug-likeness (QED) is 0.132. The van der Waals surface area contributed by atoms with Crippen LogP contribution in [0.15, 0.2) is 35.6 Å². The molecule has 0 bridgehead atoms. The number of nitrogens with zero attached hydrogens (tertiary/aromatic N) is 3. The molecular weight excluding hydrogens is 601 g/mol. The summed E-state index contributed by atoms with van der Waals surface area (Å²) < 4.78 is 98.5.